The maximum Gasteiger partial charge on any atom is 0.323 e. The first-order valence-corrected chi connectivity index (χ1v) is 10.8. The van der Waals surface area contributed by atoms with Gasteiger partial charge in [-0.15, -0.1) is 0 Å². The van der Waals surface area contributed by atoms with Gasteiger partial charge in [-0.1, -0.05) is 38.7 Å². The number of benzene rings is 3. The van der Waals surface area contributed by atoms with Gasteiger partial charge in [-0.25, -0.2) is 4.79 Å². The van der Waals surface area contributed by atoms with E-state index in [0.717, 1.165) is 23.8 Å². The van der Waals surface area contributed by atoms with E-state index in [9.17, 15) is 35.1 Å². The molecule has 3 rings (SSSR count). The van der Waals surface area contributed by atoms with Gasteiger partial charge in [0.15, 0.2) is 0 Å². The predicted octanol–water partition coefficient (Wildman–Crippen LogP) is 5.75. The summed E-state index contributed by atoms with van der Waals surface area (Å²) in [6.45, 7) is 5.95. The van der Waals surface area contributed by atoms with E-state index in [1.165, 1.54) is 24.3 Å². The minimum absolute atomic E-state index is 0.0587. The number of carbonyl (C=O) groups excluding carboxylic acids is 1. The number of nitrogens with one attached hydrogen (secondary N) is 2. The Morgan fingerprint density at radius 2 is 1.30 bits per heavy atom. The molecule has 0 saturated heterocycles. The number of non-ortho nitro benzene ring substituents is 3. The predicted molar refractivity (Wildman–Crippen MR) is 137 cm³/mol. The van der Waals surface area contributed by atoms with E-state index in [0.29, 0.717) is 16.9 Å². The summed E-state index contributed by atoms with van der Waals surface area (Å²) in [6.07, 6.45) is 0. The fraction of sp³-hybridized carbons (Fsp3) is 0.160. The van der Waals surface area contributed by atoms with E-state index in [1.807, 2.05) is 26.8 Å². The molecule has 3 aromatic carbocycles. The third kappa shape index (κ3) is 6.86. The van der Waals surface area contributed by atoms with Crippen LogP contribution in [0.2, 0.25) is 0 Å². The number of hydrogen-bond donors (Lipinski definition) is 2. The molecule has 0 unspecified atom stereocenters. The van der Waals surface area contributed by atoms with Gasteiger partial charge in [0, 0.05) is 41.1 Å². The second-order valence-corrected chi connectivity index (χ2v) is 8.90. The van der Waals surface area contributed by atoms with E-state index in [4.69, 9.17) is 0 Å². The van der Waals surface area contributed by atoms with Gasteiger partial charge in [0.1, 0.15) is 0 Å². The van der Waals surface area contributed by atoms with Crippen LogP contribution in [0.4, 0.5) is 33.2 Å². The zero-order chi connectivity index (χ0) is 27.3. The standard InChI is InChI=1S/C25H21N5O7/c1-25(2,3)18-6-11-23(27-24(31)26-19-7-9-20(10-8-19)28(32)33)17(14-18)5-4-16-12-21(29(34)35)15-22(13-16)30(36)37/h6-15H,1-3H3,(H2,26,27,31). The number of nitro benzene ring substituents is 3. The number of hydrogen-bond acceptors (Lipinski definition) is 7. The van der Waals surface area contributed by atoms with Crippen molar-refractivity contribution in [3.8, 4) is 11.8 Å². The summed E-state index contributed by atoms with van der Waals surface area (Å²) in [7, 11) is 0. The molecule has 0 atom stereocenters. The van der Waals surface area contributed by atoms with Gasteiger partial charge in [-0.2, -0.15) is 0 Å². The van der Waals surface area contributed by atoms with Gasteiger partial charge in [-0.3, -0.25) is 30.3 Å². The molecular weight excluding hydrogens is 482 g/mol. The van der Waals surface area contributed by atoms with Crippen LogP contribution in [0.25, 0.3) is 0 Å². The van der Waals surface area contributed by atoms with E-state index in [1.54, 1.807) is 12.1 Å². The Morgan fingerprint density at radius 1 is 0.730 bits per heavy atom. The molecule has 0 heterocycles. The molecule has 0 aliphatic carbocycles. The Kier molecular flexibility index (Phi) is 7.48. The van der Waals surface area contributed by atoms with Crippen LogP contribution >= 0.6 is 0 Å². The zero-order valence-electron chi connectivity index (χ0n) is 20.0. The van der Waals surface area contributed by atoms with Crippen molar-refractivity contribution in [1.29, 1.82) is 0 Å². The van der Waals surface area contributed by atoms with Gasteiger partial charge in [0.25, 0.3) is 17.1 Å². The molecule has 2 amide bonds. The van der Waals surface area contributed by atoms with Gasteiger partial charge in [0.2, 0.25) is 0 Å². The topological polar surface area (TPSA) is 171 Å². The Hall–Kier alpha value is -5.31. The molecule has 188 valence electrons. The molecule has 2 N–H and O–H groups in total. The van der Waals surface area contributed by atoms with Crippen LogP contribution in [-0.2, 0) is 5.41 Å². The number of nitrogens with zero attached hydrogens (tertiary/aromatic N) is 3. The van der Waals surface area contributed by atoms with Crippen molar-refractivity contribution in [3.05, 3.63) is 108 Å². The highest BCUT2D eigenvalue weighted by Crippen LogP contribution is 2.27. The van der Waals surface area contributed by atoms with Gasteiger partial charge >= 0.3 is 6.03 Å². The fourth-order valence-corrected chi connectivity index (χ4v) is 3.19. The minimum atomic E-state index is -0.742. The molecule has 12 nitrogen and oxygen atoms in total. The fourth-order valence-electron chi connectivity index (χ4n) is 3.19. The summed E-state index contributed by atoms with van der Waals surface area (Å²) in [5, 5.41) is 38.4. The van der Waals surface area contributed by atoms with Crippen LogP contribution in [0.5, 0.6) is 0 Å². The van der Waals surface area contributed by atoms with Gasteiger partial charge in [-0.05, 0) is 35.2 Å². The van der Waals surface area contributed by atoms with Crippen LogP contribution in [0, 0.1) is 42.2 Å². The molecule has 0 radical (unpaired) electrons. The Bertz CT molecular complexity index is 1430. The van der Waals surface area contributed by atoms with E-state index in [2.05, 4.69) is 22.5 Å². The first-order chi connectivity index (χ1) is 17.3. The third-order valence-electron chi connectivity index (χ3n) is 5.14. The second-order valence-electron chi connectivity index (χ2n) is 8.90. The van der Waals surface area contributed by atoms with E-state index in [-0.39, 0.29) is 16.7 Å². The maximum atomic E-state index is 12.6. The van der Waals surface area contributed by atoms with E-state index >= 15 is 0 Å². The number of amides is 2. The number of urea groups is 1. The summed E-state index contributed by atoms with van der Waals surface area (Å²) in [5.74, 6) is 5.57. The van der Waals surface area contributed by atoms with Crippen LogP contribution in [0.1, 0.15) is 37.5 Å². The SMILES string of the molecule is CC(C)(C)c1ccc(NC(=O)Nc2ccc([N+](=O)[O-])cc2)c(C#Cc2cc([N+](=O)[O-])cc([N+](=O)[O-])c2)c1. The Labute approximate surface area is 210 Å². The molecule has 0 spiro atoms. The highest BCUT2D eigenvalue weighted by atomic mass is 16.6. The van der Waals surface area contributed by atoms with Crippen molar-refractivity contribution in [1.82, 2.24) is 0 Å². The quantitative estimate of drug-likeness (QED) is 0.253. The van der Waals surface area contributed by atoms with Crippen LogP contribution in [0.15, 0.2) is 60.7 Å². The van der Waals surface area contributed by atoms with Crippen LogP contribution in [0.3, 0.4) is 0 Å². The average molecular weight is 503 g/mol. The van der Waals surface area contributed by atoms with Crippen molar-refractivity contribution in [2.45, 2.75) is 26.2 Å². The van der Waals surface area contributed by atoms with Gasteiger partial charge < -0.3 is 10.6 Å². The summed E-state index contributed by atoms with van der Waals surface area (Å²) in [4.78, 5) is 43.7. The molecule has 0 aliphatic heterocycles. The lowest BCUT2D eigenvalue weighted by molar-refractivity contribution is -0.394. The van der Waals surface area contributed by atoms with Crippen molar-refractivity contribution in [3.63, 3.8) is 0 Å². The number of rotatable bonds is 5. The highest BCUT2D eigenvalue weighted by Gasteiger charge is 2.18. The molecule has 0 bridgehead atoms. The molecule has 3 aromatic rings. The highest BCUT2D eigenvalue weighted by molar-refractivity contribution is 6.00. The van der Waals surface area contributed by atoms with Crippen LogP contribution in [-0.4, -0.2) is 20.8 Å². The smallest absolute Gasteiger partial charge is 0.308 e. The summed E-state index contributed by atoms with van der Waals surface area (Å²) in [5.41, 5.74) is 0.645. The van der Waals surface area contributed by atoms with Crippen molar-refractivity contribution in [2.24, 2.45) is 0 Å². The monoisotopic (exact) mass is 503 g/mol. The molecule has 0 aliphatic rings. The average Bonchev–Trinajstić information content (AvgIpc) is 2.82. The molecule has 12 heteroatoms. The first-order valence-electron chi connectivity index (χ1n) is 10.8. The lowest BCUT2D eigenvalue weighted by atomic mass is 9.86. The normalized spacial score (nSPS) is 10.6. The largest absolute Gasteiger partial charge is 0.323 e. The number of anilines is 2. The number of nitro groups is 3. The summed E-state index contributed by atoms with van der Waals surface area (Å²) in [6, 6.07) is 13.0. The molecule has 0 saturated carbocycles. The van der Waals surface area contributed by atoms with Crippen LogP contribution < -0.4 is 10.6 Å². The summed E-state index contributed by atoms with van der Waals surface area (Å²) >= 11 is 0. The Morgan fingerprint density at radius 3 is 1.81 bits per heavy atom. The van der Waals surface area contributed by atoms with Crippen molar-refractivity contribution < 1.29 is 19.6 Å². The molecule has 0 aromatic heterocycles. The zero-order valence-corrected chi connectivity index (χ0v) is 20.0. The van der Waals surface area contributed by atoms with Crippen molar-refractivity contribution in [2.75, 3.05) is 10.6 Å². The molecule has 37 heavy (non-hydrogen) atoms. The third-order valence-corrected chi connectivity index (χ3v) is 5.14. The van der Waals surface area contributed by atoms with Crippen molar-refractivity contribution >= 4 is 34.5 Å². The number of carbonyl (C=O) groups is 1. The van der Waals surface area contributed by atoms with E-state index < -0.39 is 32.2 Å². The summed E-state index contributed by atoms with van der Waals surface area (Å²) < 4.78 is 0. The lowest BCUT2D eigenvalue weighted by Crippen LogP contribution is -2.20. The Balaban J connectivity index is 1.96. The van der Waals surface area contributed by atoms with Gasteiger partial charge in [0.05, 0.1) is 26.5 Å². The molecular formula is C25H21N5O7. The maximum absolute atomic E-state index is 12.6. The molecule has 0 fully saturated rings. The second kappa shape index (κ2) is 10.5. The lowest BCUT2D eigenvalue weighted by Gasteiger charge is -2.20. The first kappa shape index (κ1) is 26.3. The minimum Gasteiger partial charge on any atom is -0.308 e.